The highest BCUT2D eigenvalue weighted by Gasteiger charge is 2.55. The second kappa shape index (κ2) is 12.6. The minimum atomic E-state index is -1.31. The molecule has 2 aliphatic rings. The fourth-order valence-electron chi connectivity index (χ4n) is 5.20. The van der Waals surface area contributed by atoms with E-state index in [1.807, 2.05) is 65.6 Å². The second-order valence-electron chi connectivity index (χ2n) is 9.84. The van der Waals surface area contributed by atoms with E-state index >= 15 is 0 Å². The number of nitrogens with zero attached hydrogens (tertiary/aromatic N) is 5. The molecule has 3 aromatic carbocycles. The lowest BCUT2D eigenvalue weighted by Crippen LogP contribution is -2.51. The monoisotopic (exact) mass is 603 g/mol. The number of hydrogen-bond donors (Lipinski definition) is 1. The van der Waals surface area contributed by atoms with Crippen LogP contribution in [-0.4, -0.2) is 53.7 Å². The topological polar surface area (TPSA) is 120 Å². The quantitative estimate of drug-likeness (QED) is 0.127. The van der Waals surface area contributed by atoms with E-state index in [2.05, 4.69) is 26.0 Å². The van der Waals surface area contributed by atoms with Crippen molar-refractivity contribution in [1.82, 2.24) is 4.90 Å². The zero-order chi connectivity index (χ0) is 28.0. The molecule has 0 radical (unpaired) electrons. The number of rotatable bonds is 10. The molecule has 1 amide bonds. The highest BCUT2D eigenvalue weighted by atomic mass is 79.9. The SMILES string of the molecule is [N-]=[N+]=Nc1ccccc1[C@H]1OC(c2ccc(OCCCO)cc2)=N[C@@]1(Cc1ccc(Br)cc1)C(=O)N1CCCC1. The molecule has 1 fully saturated rings. The number of likely N-dealkylation sites (tertiary alicyclic amines) is 1. The number of aliphatic hydroxyl groups excluding tert-OH is 1. The number of carbonyl (C=O) groups excluding carboxylic acids is 1. The van der Waals surface area contributed by atoms with E-state index in [1.165, 1.54) is 0 Å². The van der Waals surface area contributed by atoms with Gasteiger partial charge in [0.1, 0.15) is 5.75 Å². The molecule has 40 heavy (non-hydrogen) atoms. The first kappa shape index (κ1) is 27.7. The predicted octanol–water partition coefficient (Wildman–Crippen LogP) is 6.27. The molecular formula is C30H30BrN5O4. The molecule has 0 aromatic heterocycles. The molecular weight excluding hydrogens is 574 g/mol. The van der Waals surface area contributed by atoms with Gasteiger partial charge in [-0.15, -0.1) is 0 Å². The minimum Gasteiger partial charge on any atom is -0.494 e. The summed E-state index contributed by atoms with van der Waals surface area (Å²) >= 11 is 3.50. The summed E-state index contributed by atoms with van der Waals surface area (Å²) in [6.07, 6.45) is 1.91. The van der Waals surface area contributed by atoms with Crippen LogP contribution in [0.5, 0.6) is 5.75 Å². The number of ether oxygens (including phenoxy) is 2. The fraction of sp³-hybridized carbons (Fsp3) is 0.333. The predicted molar refractivity (Wildman–Crippen MR) is 156 cm³/mol. The van der Waals surface area contributed by atoms with Crippen molar-refractivity contribution >= 4 is 33.4 Å². The summed E-state index contributed by atoms with van der Waals surface area (Å²) in [7, 11) is 0. The normalized spacial score (nSPS) is 20.0. The number of aliphatic imine (C=N–C) groups is 1. The Labute approximate surface area is 241 Å². The maximum Gasteiger partial charge on any atom is 0.255 e. The highest BCUT2D eigenvalue weighted by Crippen LogP contribution is 2.46. The summed E-state index contributed by atoms with van der Waals surface area (Å²) < 4.78 is 13.2. The van der Waals surface area contributed by atoms with Crippen molar-refractivity contribution in [3.05, 3.63) is 104 Å². The second-order valence-corrected chi connectivity index (χ2v) is 10.8. The van der Waals surface area contributed by atoms with Gasteiger partial charge in [-0.25, -0.2) is 4.99 Å². The first-order valence-corrected chi connectivity index (χ1v) is 14.1. The highest BCUT2D eigenvalue weighted by molar-refractivity contribution is 9.10. The maximum absolute atomic E-state index is 14.5. The number of amides is 1. The summed E-state index contributed by atoms with van der Waals surface area (Å²) in [5.41, 5.74) is 10.6. The van der Waals surface area contributed by atoms with Gasteiger partial charge >= 0.3 is 0 Å². The lowest BCUT2D eigenvalue weighted by atomic mass is 9.81. The number of hydrogen-bond acceptors (Lipinski definition) is 6. The summed E-state index contributed by atoms with van der Waals surface area (Å²) in [6.45, 7) is 1.80. The Balaban J connectivity index is 1.62. The molecule has 0 aliphatic carbocycles. The van der Waals surface area contributed by atoms with Gasteiger partial charge in [0, 0.05) is 58.7 Å². The van der Waals surface area contributed by atoms with E-state index in [-0.39, 0.29) is 12.5 Å². The largest absolute Gasteiger partial charge is 0.494 e. The molecule has 1 saturated heterocycles. The van der Waals surface area contributed by atoms with Crippen molar-refractivity contribution in [3.8, 4) is 5.75 Å². The summed E-state index contributed by atoms with van der Waals surface area (Å²) in [6, 6.07) is 22.4. The van der Waals surface area contributed by atoms with Crippen LogP contribution in [0.3, 0.4) is 0 Å². The molecule has 10 heteroatoms. The van der Waals surface area contributed by atoms with Gasteiger partial charge in [0.25, 0.3) is 5.91 Å². The van der Waals surface area contributed by atoms with E-state index in [0.29, 0.717) is 61.0 Å². The van der Waals surface area contributed by atoms with Crippen LogP contribution in [0.1, 0.15) is 42.1 Å². The van der Waals surface area contributed by atoms with Crippen molar-refractivity contribution in [2.24, 2.45) is 10.1 Å². The Bertz CT molecular complexity index is 1420. The minimum absolute atomic E-state index is 0.0624. The van der Waals surface area contributed by atoms with Crippen LogP contribution in [0.2, 0.25) is 0 Å². The van der Waals surface area contributed by atoms with Gasteiger partial charge in [0.15, 0.2) is 11.6 Å². The zero-order valence-electron chi connectivity index (χ0n) is 21.9. The molecule has 0 unspecified atom stereocenters. The summed E-state index contributed by atoms with van der Waals surface area (Å²) in [5, 5.41) is 12.9. The third-order valence-electron chi connectivity index (χ3n) is 7.16. The Morgan fingerprint density at radius 1 is 1.12 bits per heavy atom. The molecule has 2 heterocycles. The van der Waals surface area contributed by atoms with Crippen LogP contribution in [-0.2, 0) is 16.0 Å². The fourth-order valence-corrected chi connectivity index (χ4v) is 5.47. The van der Waals surface area contributed by atoms with Crippen molar-refractivity contribution in [3.63, 3.8) is 0 Å². The Morgan fingerprint density at radius 3 is 2.55 bits per heavy atom. The van der Waals surface area contributed by atoms with Gasteiger partial charge in [-0.3, -0.25) is 4.79 Å². The van der Waals surface area contributed by atoms with Gasteiger partial charge in [0.2, 0.25) is 5.90 Å². The molecule has 0 saturated carbocycles. The first-order valence-electron chi connectivity index (χ1n) is 13.3. The molecule has 9 nitrogen and oxygen atoms in total. The smallest absolute Gasteiger partial charge is 0.255 e. The van der Waals surface area contributed by atoms with E-state index in [1.54, 1.807) is 12.1 Å². The van der Waals surface area contributed by atoms with Crippen LogP contribution < -0.4 is 4.74 Å². The van der Waals surface area contributed by atoms with Crippen molar-refractivity contribution in [2.75, 3.05) is 26.3 Å². The van der Waals surface area contributed by atoms with Crippen molar-refractivity contribution < 1.29 is 19.4 Å². The lowest BCUT2D eigenvalue weighted by molar-refractivity contribution is -0.138. The number of benzene rings is 3. The molecule has 2 aliphatic heterocycles. The van der Waals surface area contributed by atoms with Crippen LogP contribution in [0.15, 0.2) is 87.4 Å². The zero-order valence-corrected chi connectivity index (χ0v) is 23.5. The third-order valence-corrected chi connectivity index (χ3v) is 7.69. The Kier molecular flexibility index (Phi) is 8.69. The molecule has 2 atom stereocenters. The third kappa shape index (κ3) is 5.84. The maximum atomic E-state index is 14.5. The molecule has 0 spiro atoms. The molecule has 0 bridgehead atoms. The molecule has 206 valence electrons. The Hall–Kier alpha value is -3.85. The average molecular weight is 605 g/mol. The van der Waals surface area contributed by atoms with E-state index in [0.717, 1.165) is 22.9 Å². The van der Waals surface area contributed by atoms with Crippen LogP contribution in [0.4, 0.5) is 5.69 Å². The number of azide groups is 1. The van der Waals surface area contributed by atoms with E-state index in [4.69, 9.17) is 19.6 Å². The molecule has 1 N–H and O–H groups in total. The van der Waals surface area contributed by atoms with Gasteiger partial charge in [0.05, 0.1) is 6.61 Å². The summed E-state index contributed by atoms with van der Waals surface area (Å²) in [4.78, 5) is 24.4. The van der Waals surface area contributed by atoms with Crippen molar-refractivity contribution in [2.45, 2.75) is 37.3 Å². The van der Waals surface area contributed by atoms with Gasteiger partial charge < -0.3 is 19.5 Å². The van der Waals surface area contributed by atoms with E-state index in [9.17, 15) is 10.3 Å². The van der Waals surface area contributed by atoms with Gasteiger partial charge in [-0.05, 0) is 60.3 Å². The van der Waals surface area contributed by atoms with Crippen molar-refractivity contribution in [1.29, 1.82) is 0 Å². The average Bonchev–Trinajstić information content (AvgIpc) is 3.65. The van der Waals surface area contributed by atoms with Crippen LogP contribution >= 0.6 is 15.9 Å². The molecule has 5 rings (SSSR count). The molecule has 3 aromatic rings. The van der Waals surface area contributed by atoms with Gasteiger partial charge in [-0.1, -0.05) is 57.4 Å². The van der Waals surface area contributed by atoms with E-state index < -0.39 is 11.6 Å². The number of aliphatic hydroxyl groups is 1. The number of carbonyl (C=O) groups is 1. The van der Waals surface area contributed by atoms with Crippen LogP contribution in [0, 0.1) is 0 Å². The first-order chi connectivity index (χ1) is 19.5. The Morgan fingerprint density at radius 2 is 1.85 bits per heavy atom. The summed E-state index contributed by atoms with van der Waals surface area (Å²) in [5.74, 6) is 0.898. The standard InChI is InChI=1S/C30H30BrN5O4/c31-23-12-8-21(9-13-23)20-30(29(38)36-16-3-4-17-36)27(25-6-1-2-7-26(25)34-35-32)40-28(33-30)22-10-14-24(15-11-22)39-19-5-18-37/h1-2,6-15,27,37H,3-5,16-20H2/t27-,30-/m1/s1. The number of halogens is 1. The van der Waals surface area contributed by atoms with Gasteiger partial charge in [-0.2, -0.15) is 0 Å². The lowest BCUT2D eigenvalue weighted by Gasteiger charge is -2.34. The van der Waals surface area contributed by atoms with Crippen LogP contribution in [0.25, 0.3) is 10.4 Å².